The first kappa shape index (κ1) is 22.7. The van der Waals surface area contributed by atoms with Gasteiger partial charge in [-0.3, -0.25) is 9.48 Å². The molecule has 1 saturated heterocycles. The van der Waals surface area contributed by atoms with Crippen molar-refractivity contribution in [2.24, 2.45) is 5.92 Å². The second-order valence-electron chi connectivity index (χ2n) is 9.09. The van der Waals surface area contributed by atoms with Gasteiger partial charge in [0.1, 0.15) is 11.4 Å². The highest BCUT2D eigenvalue weighted by molar-refractivity contribution is 6.08. The van der Waals surface area contributed by atoms with Crippen LogP contribution in [-0.4, -0.2) is 56.5 Å². The van der Waals surface area contributed by atoms with E-state index in [1.54, 1.807) is 17.1 Å². The number of piperazine rings is 1. The van der Waals surface area contributed by atoms with Crippen LogP contribution in [-0.2, 0) is 0 Å². The Bertz CT molecular complexity index is 1150. The van der Waals surface area contributed by atoms with E-state index in [4.69, 9.17) is 0 Å². The Morgan fingerprint density at radius 2 is 2.00 bits per heavy atom. The van der Waals surface area contributed by atoms with Crippen molar-refractivity contribution in [2.75, 3.05) is 36.4 Å². The smallest absolute Gasteiger partial charge is 0.284 e. The third-order valence-corrected chi connectivity index (χ3v) is 7.02. The van der Waals surface area contributed by atoms with E-state index in [9.17, 15) is 13.6 Å². The molecule has 2 aliphatic rings. The largest absolute Gasteiger partial charge is 0.354 e. The lowest BCUT2D eigenvalue weighted by atomic mass is 9.85. The number of anilines is 2. The van der Waals surface area contributed by atoms with E-state index >= 15 is 0 Å². The maximum absolute atomic E-state index is 13.8. The quantitative estimate of drug-likeness (QED) is 0.569. The summed E-state index contributed by atoms with van der Waals surface area (Å²) in [5, 5.41) is 14.3. The zero-order valence-electron chi connectivity index (χ0n) is 19.3. The molecular weight excluding hydrogens is 442 g/mol. The highest BCUT2D eigenvalue weighted by Gasteiger charge is 2.27. The van der Waals surface area contributed by atoms with E-state index < -0.39 is 18.0 Å². The van der Waals surface area contributed by atoms with Crippen LogP contribution in [0.3, 0.4) is 0 Å². The van der Waals surface area contributed by atoms with E-state index in [1.807, 2.05) is 6.07 Å². The van der Waals surface area contributed by atoms with Gasteiger partial charge in [0.2, 0.25) is 0 Å². The van der Waals surface area contributed by atoms with E-state index in [0.29, 0.717) is 11.6 Å². The standard InChI is InChI=1S/C23H30F2N8O/c1-2-15-3-5-16(6-4-15)33-14-18(20(30-33)21(24)25)28-23(34)17-13-27-32-10-7-19(29-22(17)32)31-11-8-26-9-12-31/h7,10,13-16,21,26H,2-6,8-9,11-12H2,1H3,(H,28,34)/t15-,16-. The summed E-state index contributed by atoms with van der Waals surface area (Å²) < 4.78 is 30.7. The van der Waals surface area contributed by atoms with Crippen LogP contribution in [0, 0.1) is 5.92 Å². The Morgan fingerprint density at radius 1 is 1.24 bits per heavy atom. The van der Waals surface area contributed by atoms with Crippen LogP contribution in [0.15, 0.2) is 24.7 Å². The number of fused-ring (bicyclic) bond motifs is 1. The molecule has 0 aromatic carbocycles. The molecule has 5 rings (SSSR count). The summed E-state index contributed by atoms with van der Waals surface area (Å²) in [6.45, 7) is 5.54. The maximum atomic E-state index is 13.8. The lowest BCUT2D eigenvalue weighted by Gasteiger charge is -2.28. The fourth-order valence-electron chi connectivity index (χ4n) is 4.95. The highest BCUT2D eigenvalue weighted by atomic mass is 19.3. The van der Waals surface area contributed by atoms with Crippen molar-refractivity contribution in [3.63, 3.8) is 0 Å². The van der Waals surface area contributed by atoms with Gasteiger partial charge in [0.25, 0.3) is 12.3 Å². The number of hydrogen-bond acceptors (Lipinski definition) is 6. The SMILES string of the molecule is CC[C@H]1CC[C@H](n2cc(NC(=O)c3cnn4ccc(N5CCNCC5)nc34)c(C(F)F)n2)CC1. The minimum atomic E-state index is -2.79. The Balaban J connectivity index is 1.38. The van der Waals surface area contributed by atoms with Gasteiger partial charge in [-0.05, 0) is 37.7 Å². The number of hydrogen-bond donors (Lipinski definition) is 2. The van der Waals surface area contributed by atoms with Crippen LogP contribution >= 0.6 is 0 Å². The average molecular weight is 473 g/mol. The Labute approximate surface area is 196 Å². The highest BCUT2D eigenvalue weighted by Crippen LogP contribution is 2.35. The van der Waals surface area contributed by atoms with Gasteiger partial charge in [-0.1, -0.05) is 13.3 Å². The molecule has 0 bridgehead atoms. The van der Waals surface area contributed by atoms with Gasteiger partial charge in [0.15, 0.2) is 11.3 Å². The van der Waals surface area contributed by atoms with Gasteiger partial charge in [-0.15, -0.1) is 0 Å². The minimum absolute atomic E-state index is 0.0372. The number of halogens is 2. The molecule has 1 aliphatic carbocycles. The van der Waals surface area contributed by atoms with E-state index in [2.05, 4.69) is 37.6 Å². The molecule has 1 amide bonds. The first-order valence-electron chi connectivity index (χ1n) is 12.0. The van der Waals surface area contributed by atoms with Gasteiger partial charge in [-0.2, -0.15) is 10.2 Å². The first-order chi connectivity index (χ1) is 16.5. The molecular formula is C23H30F2N8O. The minimum Gasteiger partial charge on any atom is -0.354 e. The summed E-state index contributed by atoms with van der Waals surface area (Å²) >= 11 is 0. The summed E-state index contributed by atoms with van der Waals surface area (Å²) in [6.07, 6.45) is 7.01. The average Bonchev–Trinajstić information content (AvgIpc) is 3.49. The summed E-state index contributed by atoms with van der Waals surface area (Å²) in [5.41, 5.74) is 0.248. The molecule has 0 atom stereocenters. The van der Waals surface area contributed by atoms with E-state index in [1.165, 1.54) is 10.7 Å². The van der Waals surface area contributed by atoms with E-state index in [-0.39, 0.29) is 17.3 Å². The molecule has 34 heavy (non-hydrogen) atoms. The maximum Gasteiger partial charge on any atom is 0.284 e. The summed E-state index contributed by atoms with van der Waals surface area (Å²) in [5.74, 6) is 0.915. The van der Waals surface area contributed by atoms with Crippen molar-refractivity contribution in [2.45, 2.75) is 51.5 Å². The number of alkyl halides is 2. The topological polar surface area (TPSA) is 92.4 Å². The zero-order valence-corrected chi connectivity index (χ0v) is 19.3. The molecule has 1 aliphatic heterocycles. The number of carbonyl (C=O) groups is 1. The molecule has 2 fully saturated rings. The Kier molecular flexibility index (Phi) is 6.44. The molecule has 2 N–H and O–H groups in total. The Morgan fingerprint density at radius 3 is 2.71 bits per heavy atom. The fraction of sp³-hybridized carbons (Fsp3) is 0.565. The number of carbonyl (C=O) groups excluding carboxylic acids is 1. The molecule has 3 aromatic heterocycles. The van der Waals surface area contributed by atoms with Crippen LogP contribution in [0.5, 0.6) is 0 Å². The van der Waals surface area contributed by atoms with Crippen LogP contribution in [0.4, 0.5) is 20.3 Å². The third-order valence-electron chi connectivity index (χ3n) is 7.02. The molecule has 182 valence electrons. The molecule has 4 heterocycles. The van der Waals surface area contributed by atoms with Crippen LogP contribution in [0.1, 0.15) is 67.5 Å². The summed E-state index contributed by atoms with van der Waals surface area (Å²) in [6, 6.07) is 1.94. The van der Waals surface area contributed by atoms with Crippen LogP contribution in [0.2, 0.25) is 0 Å². The number of nitrogens with one attached hydrogen (secondary N) is 2. The van der Waals surface area contributed by atoms with Gasteiger partial charge < -0.3 is 15.5 Å². The monoisotopic (exact) mass is 472 g/mol. The summed E-state index contributed by atoms with van der Waals surface area (Å²) in [7, 11) is 0. The first-order valence-corrected chi connectivity index (χ1v) is 12.0. The number of aromatic nitrogens is 5. The molecule has 1 saturated carbocycles. The molecule has 0 unspecified atom stereocenters. The van der Waals surface area contributed by atoms with E-state index in [0.717, 1.165) is 64.1 Å². The zero-order chi connectivity index (χ0) is 23.7. The lowest BCUT2D eigenvalue weighted by Crippen LogP contribution is -2.43. The molecule has 9 nitrogen and oxygen atoms in total. The van der Waals surface area contributed by atoms with Crippen molar-refractivity contribution in [1.29, 1.82) is 0 Å². The predicted octanol–water partition coefficient (Wildman–Crippen LogP) is 3.67. The van der Waals surface area contributed by atoms with Crippen molar-refractivity contribution in [1.82, 2.24) is 29.7 Å². The number of amides is 1. The third kappa shape index (κ3) is 4.48. The number of nitrogens with zero attached hydrogens (tertiary/aromatic N) is 6. The van der Waals surface area contributed by atoms with Crippen molar-refractivity contribution in [3.8, 4) is 0 Å². The second-order valence-corrected chi connectivity index (χ2v) is 9.09. The molecule has 0 radical (unpaired) electrons. The van der Waals surface area contributed by atoms with Gasteiger partial charge in [0, 0.05) is 38.6 Å². The lowest BCUT2D eigenvalue weighted by molar-refractivity contribution is 0.102. The van der Waals surface area contributed by atoms with Crippen LogP contribution < -0.4 is 15.5 Å². The predicted molar refractivity (Wildman–Crippen MR) is 124 cm³/mol. The van der Waals surface area contributed by atoms with Crippen LogP contribution in [0.25, 0.3) is 5.65 Å². The Hall–Kier alpha value is -3.08. The normalized spacial score (nSPS) is 21.4. The second kappa shape index (κ2) is 9.65. The molecule has 0 spiro atoms. The van der Waals surface area contributed by atoms with Crippen molar-refractivity contribution >= 4 is 23.1 Å². The van der Waals surface area contributed by atoms with Gasteiger partial charge >= 0.3 is 0 Å². The van der Waals surface area contributed by atoms with Gasteiger partial charge in [-0.25, -0.2) is 18.3 Å². The van der Waals surface area contributed by atoms with Crippen molar-refractivity contribution < 1.29 is 13.6 Å². The van der Waals surface area contributed by atoms with Crippen molar-refractivity contribution in [3.05, 3.63) is 35.9 Å². The molecule has 11 heteroatoms. The number of rotatable bonds is 6. The fourth-order valence-corrected chi connectivity index (χ4v) is 4.95. The summed E-state index contributed by atoms with van der Waals surface area (Å²) in [4.78, 5) is 19.9. The van der Waals surface area contributed by atoms with Gasteiger partial charge in [0.05, 0.1) is 17.9 Å². The molecule has 3 aromatic rings.